The summed E-state index contributed by atoms with van der Waals surface area (Å²) in [5.41, 5.74) is 0. The molecule has 1 heteroatoms. The first-order chi connectivity index (χ1) is 1.91. The van der Waals surface area contributed by atoms with E-state index in [1.54, 1.807) is 0 Å². The van der Waals surface area contributed by atoms with Crippen LogP contribution in [0.4, 0.5) is 0 Å². The van der Waals surface area contributed by atoms with E-state index in [-0.39, 0.29) is 26.9 Å². The van der Waals surface area contributed by atoms with Crippen LogP contribution in [0.25, 0.3) is 0 Å². The monoisotopic (exact) mass is 134 g/mol. The van der Waals surface area contributed by atoms with Crippen LogP contribution in [0.3, 0.4) is 0 Å². The van der Waals surface area contributed by atoms with Gasteiger partial charge in [0, 0.05) is 0 Å². The fourth-order valence-electron chi connectivity index (χ4n) is 0. The van der Waals surface area contributed by atoms with Crippen molar-refractivity contribution in [3.05, 3.63) is 19.6 Å². The van der Waals surface area contributed by atoms with Gasteiger partial charge in [0.2, 0.25) is 0 Å². The van der Waals surface area contributed by atoms with Gasteiger partial charge in [0.25, 0.3) is 0 Å². The third kappa shape index (κ3) is 26.6. The molecule has 0 radical (unpaired) electrons. The Morgan fingerprint density at radius 1 is 1.50 bits per heavy atom. The Hall–Kier alpha value is 0.363. The molecule has 0 aromatic heterocycles. The van der Waals surface area contributed by atoms with Gasteiger partial charge in [0.15, 0.2) is 0 Å². The van der Waals surface area contributed by atoms with Crippen LogP contribution in [0.15, 0.2) is 6.08 Å². The first-order valence-corrected chi connectivity index (χ1v) is 1.37. The summed E-state index contributed by atoms with van der Waals surface area (Å²) in [4.78, 5) is 0. The van der Waals surface area contributed by atoms with E-state index in [1.807, 2.05) is 19.9 Å². The van der Waals surface area contributed by atoms with Crippen molar-refractivity contribution in [2.24, 2.45) is 0 Å². The van der Waals surface area contributed by atoms with Gasteiger partial charge in [-0.2, -0.15) is 6.92 Å². The van der Waals surface area contributed by atoms with Gasteiger partial charge < -0.3 is 13.5 Å². The Morgan fingerprint density at radius 3 is 1.67 bits per heavy atom. The Balaban J connectivity index is -0.0000000450. The Labute approximate surface area is 53.4 Å². The van der Waals surface area contributed by atoms with Crippen LogP contribution in [0.1, 0.15) is 13.8 Å². The molecule has 0 aliphatic carbocycles. The zero-order chi connectivity index (χ0) is 3.41. The van der Waals surface area contributed by atoms with E-state index < -0.39 is 0 Å². The van der Waals surface area contributed by atoms with E-state index >= 15 is 0 Å². The van der Waals surface area contributed by atoms with Crippen molar-refractivity contribution in [2.45, 2.75) is 13.8 Å². The van der Waals surface area contributed by atoms with Gasteiger partial charge in [0.1, 0.15) is 0 Å². The van der Waals surface area contributed by atoms with Gasteiger partial charge >= 0.3 is 19.5 Å². The van der Waals surface area contributed by atoms with Crippen molar-refractivity contribution < 1.29 is 19.5 Å². The molecule has 0 amide bonds. The number of rotatable bonds is 0. The Morgan fingerprint density at radius 2 is 1.67 bits per heavy atom. The molecule has 0 saturated carbocycles. The number of hydrogen-bond donors (Lipinski definition) is 0. The summed E-state index contributed by atoms with van der Waals surface area (Å²) in [5.74, 6) is 0. The molecule has 0 aromatic carbocycles. The molecule has 0 fully saturated rings. The predicted octanol–water partition coefficient (Wildman–Crippen LogP) is 1.83. The second-order valence-corrected chi connectivity index (χ2v) is 0.577. The molecule has 0 unspecified atom stereocenters. The fraction of sp³-hybridized carbons (Fsp3) is 0.400. The van der Waals surface area contributed by atoms with E-state index in [1.165, 1.54) is 0 Å². The van der Waals surface area contributed by atoms with E-state index in [4.69, 9.17) is 0 Å². The van der Waals surface area contributed by atoms with Crippen LogP contribution < -0.4 is 0 Å². The minimum Gasteiger partial charge on any atom is -0.504 e. The SMILES string of the molecule is C[C-]=CC.[CH3-].[Zn+2]. The molecular formula is C5H10Zn. The number of hydrogen-bond acceptors (Lipinski definition) is 0. The second kappa shape index (κ2) is 18.3. The van der Waals surface area contributed by atoms with Crippen molar-refractivity contribution in [1.82, 2.24) is 0 Å². The van der Waals surface area contributed by atoms with Crippen LogP contribution in [0.5, 0.6) is 0 Å². The topological polar surface area (TPSA) is 0 Å². The molecule has 0 bridgehead atoms. The summed E-state index contributed by atoms with van der Waals surface area (Å²) in [6.07, 6.45) is 4.68. The molecule has 0 aliphatic heterocycles. The van der Waals surface area contributed by atoms with Crippen LogP contribution in [-0.2, 0) is 19.5 Å². The van der Waals surface area contributed by atoms with Crippen molar-refractivity contribution in [3.8, 4) is 0 Å². The molecule has 0 rings (SSSR count). The maximum atomic E-state index is 2.81. The third-order valence-corrected chi connectivity index (χ3v) is 0.289. The molecular weight excluding hydrogens is 125 g/mol. The molecule has 0 aromatic rings. The van der Waals surface area contributed by atoms with Crippen molar-refractivity contribution in [1.29, 1.82) is 0 Å². The van der Waals surface area contributed by atoms with Gasteiger partial charge in [-0.05, 0) is 0 Å². The van der Waals surface area contributed by atoms with E-state index in [9.17, 15) is 0 Å². The van der Waals surface area contributed by atoms with E-state index in [0.717, 1.165) is 0 Å². The number of allylic oxidation sites excluding steroid dienone is 2. The predicted molar refractivity (Wildman–Crippen MR) is 25.6 cm³/mol. The summed E-state index contributed by atoms with van der Waals surface area (Å²) in [5, 5.41) is 0. The molecule has 0 N–H and O–H groups in total. The molecule has 0 aliphatic rings. The van der Waals surface area contributed by atoms with Gasteiger partial charge in [-0.15, -0.1) is 0 Å². The van der Waals surface area contributed by atoms with Crippen molar-refractivity contribution >= 4 is 0 Å². The van der Waals surface area contributed by atoms with Crippen LogP contribution in [0.2, 0.25) is 0 Å². The minimum absolute atomic E-state index is 0. The molecule has 0 spiro atoms. The van der Waals surface area contributed by atoms with Crippen LogP contribution >= 0.6 is 0 Å². The molecule has 0 heterocycles. The summed E-state index contributed by atoms with van der Waals surface area (Å²) in [6, 6.07) is 0. The van der Waals surface area contributed by atoms with Crippen LogP contribution in [0, 0.1) is 13.5 Å². The second-order valence-electron chi connectivity index (χ2n) is 0.577. The summed E-state index contributed by atoms with van der Waals surface area (Å²) < 4.78 is 0. The average molecular weight is 136 g/mol. The van der Waals surface area contributed by atoms with E-state index in [2.05, 4.69) is 6.08 Å². The Bertz CT molecular complexity index is 19.1. The first kappa shape index (κ1) is 16.2. The quantitative estimate of drug-likeness (QED) is 0.351. The van der Waals surface area contributed by atoms with Gasteiger partial charge in [0.05, 0.1) is 0 Å². The maximum Gasteiger partial charge on any atom is 2.00 e. The van der Waals surface area contributed by atoms with E-state index in [0.29, 0.717) is 0 Å². The zero-order valence-electron chi connectivity index (χ0n) is 4.78. The van der Waals surface area contributed by atoms with Gasteiger partial charge in [-0.3, -0.25) is 6.08 Å². The van der Waals surface area contributed by atoms with Gasteiger partial charge in [-0.25, -0.2) is 0 Å². The molecule has 0 atom stereocenters. The molecule has 6 heavy (non-hydrogen) atoms. The minimum atomic E-state index is 0. The smallest absolute Gasteiger partial charge is 0.504 e. The Kier molecular flexibility index (Phi) is 49.3. The largest absolute Gasteiger partial charge is 2.00 e. The summed E-state index contributed by atoms with van der Waals surface area (Å²) >= 11 is 0. The normalized spacial score (nSPS) is 6.33. The fourth-order valence-corrected chi connectivity index (χ4v) is 0. The summed E-state index contributed by atoms with van der Waals surface area (Å²) in [6.45, 7) is 3.82. The molecule has 0 saturated heterocycles. The van der Waals surface area contributed by atoms with Crippen molar-refractivity contribution in [3.63, 3.8) is 0 Å². The maximum absolute atomic E-state index is 2.81. The van der Waals surface area contributed by atoms with Gasteiger partial charge in [-0.1, -0.05) is 6.92 Å². The molecule has 32 valence electrons. The first-order valence-electron chi connectivity index (χ1n) is 1.37. The van der Waals surface area contributed by atoms with Crippen LogP contribution in [-0.4, -0.2) is 0 Å². The summed E-state index contributed by atoms with van der Waals surface area (Å²) in [7, 11) is 0. The third-order valence-electron chi connectivity index (χ3n) is 0.289. The zero-order valence-corrected chi connectivity index (χ0v) is 7.75. The molecule has 0 nitrogen and oxygen atoms in total. The standard InChI is InChI=1S/C4H7.CH3.Zn/c1-3-4-2;;/h3H,1-2H3;1H3;/q2*-1;+2. The average Bonchev–Trinajstić information content (AvgIpc) is 1.37. The van der Waals surface area contributed by atoms with Crippen molar-refractivity contribution in [2.75, 3.05) is 0 Å².